The summed E-state index contributed by atoms with van der Waals surface area (Å²) in [5.41, 5.74) is 0. The first kappa shape index (κ1) is 18.2. The molecule has 2 rings (SSSR count). The molecule has 0 aliphatic rings. The number of halogens is 1. The third-order valence-corrected chi connectivity index (χ3v) is 4.39. The molecule has 2 aromatic heterocycles. The van der Waals surface area contributed by atoms with Gasteiger partial charge in [-0.3, -0.25) is 14.4 Å². The summed E-state index contributed by atoms with van der Waals surface area (Å²) in [6.45, 7) is 1.57. The molecule has 24 heavy (non-hydrogen) atoms. The first-order valence-electron chi connectivity index (χ1n) is 7.11. The zero-order chi connectivity index (χ0) is 17.7. The number of likely N-dealkylation sites (N-methyl/N-ethyl adjacent to an activating group) is 1. The summed E-state index contributed by atoms with van der Waals surface area (Å²) in [6, 6.07) is 4.85. The van der Waals surface area contributed by atoms with E-state index in [0.717, 1.165) is 0 Å². The summed E-state index contributed by atoms with van der Waals surface area (Å²) in [6.07, 6.45) is 0.102. The van der Waals surface area contributed by atoms with E-state index in [1.165, 1.54) is 23.3 Å². The molecule has 1 N–H and O–H groups in total. The molecule has 0 aliphatic carbocycles. The number of aromatic nitrogens is 1. The van der Waals surface area contributed by atoms with E-state index in [0.29, 0.717) is 20.8 Å². The highest BCUT2D eigenvalue weighted by Crippen LogP contribution is 2.23. The molecule has 2 aromatic rings. The first-order chi connectivity index (χ1) is 11.3. The number of rotatable bonds is 7. The summed E-state index contributed by atoms with van der Waals surface area (Å²) < 4.78 is 5.36. The fourth-order valence-electron chi connectivity index (χ4n) is 1.91. The Kier molecular flexibility index (Phi) is 6.10. The molecule has 9 heteroatoms. The van der Waals surface area contributed by atoms with Gasteiger partial charge in [-0.2, -0.15) is 0 Å². The van der Waals surface area contributed by atoms with Gasteiger partial charge in [-0.1, -0.05) is 16.8 Å². The number of nitrogens with zero attached hydrogens (tertiary/aromatic N) is 2. The molecule has 0 aliphatic heterocycles. The third-order valence-electron chi connectivity index (χ3n) is 3.12. The van der Waals surface area contributed by atoms with E-state index in [-0.39, 0.29) is 31.1 Å². The van der Waals surface area contributed by atoms with Crippen LogP contribution >= 0.6 is 22.9 Å². The molecule has 0 saturated heterocycles. The Balaban J connectivity index is 1.77. The average molecular weight is 370 g/mol. The quantitative estimate of drug-likeness (QED) is 0.757. The van der Waals surface area contributed by atoms with Gasteiger partial charge in [0, 0.05) is 26.0 Å². The monoisotopic (exact) mass is 369 g/mol. The van der Waals surface area contributed by atoms with Gasteiger partial charge in [0.05, 0.1) is 15.8 Å². The number of aryl methyl sites for hydroxylation is 1. The highest BCUT2D eigenvalue weighted by Gasteiger charge is 2.17. The number of carbonyl (C=O) groups excluding carboxylic acids is 3. The van der Waals surface area contributed by atoms with Gasteiger partial charge in [-0.05, 0) is 19.1 Å². The standard InChI is InChI=1S/C15H16ClN3O4S/c1-9-7-13(18-23-9)17-14(21)8-19(2)15(22)6-3-10(20)11-4-5-12(16)24-11/h4-5,7H,3,6,8H2,1-2H3,(H,17,18,21). The Hall–Kier alpha value is -2.19. The van der Waals surface area contributed by atoms with E-state index in [1.807, 2.05) is 0 Å². The van der Waals surface area contributed by atoms with Crippen LogP contribution in [0.3, 0.4) is 0 Å². The number of thiophene rings is 1. The van der Waals surface area contributed by atoms with Gasteiger partial charge in [0.1, 0.15) is 5.76 Å². The minimum atomic E-state index is -0.393. The number of carbonyl (C=O) groups is 3. The van der Waals surface area contributed by atoms with E-state index in [9.17, 15) is 14.4 Å². The summed E-state index contributed by atoms with van der Waals surface area (Å²) in [7, 11) is 1.50. The number of amides is 2. The molecule has 0 radical (unpaired) electrons. The highest BCUT2D eigenvalue weighted by atomic mass is 35.5. The number of anilines is 1. The van der Waals surface area contributed by atoms with Crippen LogP contribution in [0.5, 0.6) is 0 Å². The van der Waals surface area contributed by atoms with Crippen molar-refractivity contribution in [1.82, 2.24) is 10.1 Å². The van der Waals surface area contributed by atoms with Gasteiger partial charge >= 0.3 is 0 Å². The van der Waals surface area contributed by atoms with Crippen molar-refractivity contribution < 1.29 is 18.9 Å². The van der Waals surface area contributed by atoms with Crippen LogP contribution in [0.15, 0.2) is 22.7 Å². The van der Waals surface area contributed by atoms with Crippen molar-refractivity contribution in [2.75, 3.05) is 18.9 Å². The fraction of sp³-hybridized carbons (Fsp3) is 0.333. The summed E-state index contributed by atoms with van der Waals surface area (Å²) in [5.74, 6) is 0.0363. The van der Waals surface area contributed by atoms with Crippen LogP contribution in [0.2, 0.25) is 4.34 Å². The van der Waals surface area contributed by atoms with Crippen molar-refractivity contribution in [3.63, 3.8) is 0 Å². The molecule has 0 fully saturated rings. The second kappa shape index (κ2) is 8.07. The predicted molar refractivity (Wildman–Crippen MR) is 90.4 cm³/mol. The SMILES string of the molecule is Cc1cc(NC(=O)CN(C)C(=O)CCC(=O)c2ccc(Cl)s2)no1. The maximum Gasteiger partial charge on any atom is 0.245 e. The lowest BCUT2D eigenvalue weighted by Gasteiger charge is -2.15. The smallest absolute Gasteiger partial charge is 0.245 e. The Bertz CT molecular complexity index is 755. The minimum absolute atomic E-state index is 0.0290. The average Bonchev–Trinajstić information content (AvgIpc) is 3.12. The van der Waals surface area contributed by atoms with Crippen molar-refractivity contribution in [2.24, 2.45) is 0 Å². The lowest BCUT2D eigenvalue weighted by Crippen LogP contribution is -2.35. The maximum absolute atomic E-state index is 12.0. The molecule has 7 nitrogen and oxygen atoms in total. The molecule has 128 valence electrons. The van der Waals surface area contributed by atoms with Crippen molar-refractivity contribution in [3.05, 3.63) is 33.2 Å². The van der Waals surface area contributed by atoms with Crippen molar-refractivity contribution in [1.29, 1.82) is 0 Å². The van der Waals surface area contributed by atoms with Gasteiger partial charge < -0.3 is 14.7 Å². The van der Waals surface area contributed by atoms with E-state index in [2.05, 4.69) is 10.5 Å². The Morgan fingerprint density at radius 2 is 2.08 bits per heavy atom. The molecule has 0 unspecified atom stereocenters. The molecule has 2 amide bonds. The fourth-order valence-corrected chi connectivity index (χ4v) is 2.92. The number of hydrogen-bond acceptors (Lipinski definition) is 6. The van der Waals surface area contributed by atoms with Gasteiger partial charge in [-0.15, -0.1) is 11.3 Å². The van der Waals surface area contributed by atoms with Gasteiger partial charge in [0.15, 0.2) is 11.6 Å². The van der Waals surface area contributed by atoms with Gasteiger partial charge in [0.25, 0.3) is 0 Å². The van der Waals surface area contributed by atoms with Crippen molar-refractivity contribution >= 4 is 46.4 Å². The van der Waals surface area contributed by atoms with Crippen LogP contribution in [0.4, 0.5) is 5.82 Å². The van der Waals surface area contributed by atoms with Crippen LogP contribution in [0.1, 0.15) is 28.3 Å². The van der Waals surface area contributed by atoms with Crippen LogP contribution in [-0.4, -0.2) is 41.2 Å². The van der Waals surface area contributed by atoms with Crippen molar-refractivity contribution in [2.45, 2.75) is 19.8 Å². The zero-order valence-electron chi connectivity index (χ0n) is 13.2. The molecule has 0 atom stereocenters. The Labute approximate surface area is 147 Å². The molecular weight excluding hydrogens is 354 g/mol. The first-order valence-corrected chi connectivity index (χ1v) is 8.30. The molecule has 2 heterocycles. The zero-order valence-corrected chi connectivity index (χ0v) is 14.7. The number of nitrogens with one attached hydrogen (secondary N) is 1. The number of Topliss-reactive ketones (excluding diaryl/α,β-unsaturated/α-hetero) is 1. The van der Waals surface area contributed by atoms with Crippen molar-refractivity contribution in [3.8, 4) is 0 Å². The molecule has 0 spiro atoms. The van der Waals surface area contributed by atoms with Gasteiger partial charge in [0.2, 0.25) is 11.8 Å². The van der Waals surface area contributed by atoms with Gasteiger partial charge in [-0.25, -0.2) is 0 Å². The lowest BCUT2D eigenvalue weighted by atomic mass is 10.2. The number of hydrogen-bond donors (Lipinski definition) is 1. The van der Waals surface area contributed by atoms with Crippen LogP contribution in [0, 0.1) is 6.92 Å². The van der Waals surface area contributed by atoms with Crippen LogP contribution in [-0.2, 0) is 9.59 Å². The second-order valence-electron chi connectivity index (χ2n) is 5.15. The minimum Gasteiger partial charge on any atom is -0.360 e. The maximum atomic E-state index is 12.0. The number of ketones is 1. The molecular formula is C15H16ClN3O4S. The topological polar surface area (TPSA) is 92.5 Å². The normalized spacial score (nSPS) is 10.5. The third kappa shape index (κ3) is 5.17. The second-order valence-corrected chi connectivity index (χ2v) is 6.86. The van der Waals surface area contributed by atoms with E-state index in [1.54, 1.807) is 25.1 Å². The highest BCUT2D eigenvalue weighted by molar-refractivity contribution is 7.18. The van der Waals surface area contributed by atoms with Crippen LogP contribution < -0.4 is 5.32 Å². The van der Waals surface area contributed by atoms with E-state index >= 15 is 0 Å². The predicted octanol–water partition coefficient (Wildman–Crippen LogP) is 2.76. The molecule has 0 saturated carbocycles. The largest absolute Gasteiger partial charge is 0.360 e. The lowest BCUT2D eigenvalue weighted by molar-refractivity contribution is -0.133. The molecule has 0 bridgehead atoms. The summed E-state index contributed by atoms with van der Waals surface area (Å²) in [4.78, 5) is 37.6. The Morgan fingerprint density at radius 3 is 2.67 bits per heavy atom. The van der Waals surface area contributed by atoms with Crippen LogP contribution in [0.25, 0.3) is 0 Å². The Morgan fingerprint density at radius 1 is 1.33 bits per heavy atom. The van der Waals surface area contributed by atoms with E-state index in [4.69, 9.17) is 16.1 Å². The van der Waals surface area contributed by atoms with E-state index < -0.39 is 5.91 Å². The summed E-state index contributed by atoms with van der Waals surface area (Å²) in [5, 5.41) is 6.16. The molecule has 0 aromatic carbocycles. The summed E-state index contributed by atoms with van der Waals surface area (Å²) >= 11 is 6.96.